The van der Waals surface area contributed by atoms with Gasteiger partial charge in [-0.25, -0.2) is 9.78 Å². The molecule has 0 aromatic carbocycles. The predicted molar refractivity (Wildman–Crippen MR) is 74.2 cm³/mol. The third-order valence-corrected chi connectivity index (χ3v) is 3.36. The van der Waals surface area contributed by atoms with Crippen molar-refractivity contribution < 1.29 is 14.6 Å². The summed E-state index contributed by atoms with van der Waals surface area (Å²) in [4.78, 5) is 19.7. The molecule has 0 radical (unpaired) electrons. The third-order valence-electron chi connectivity index (χ3n) is 2.89. The number of aromatic nitrogens is 1. The lowest BCUT2D eigenvalue weighted by atomic mass is 10.3. The summed E-state index contributed by atoms with van der Waals surface area (Å²) in [6.45, 7) is 2.55. The molecule has 0 aliphatic carbocycles. The summed E-state index contributed by atoms with van der Waals surface area (Å²) in [5, 5.41) is 8.61. The Balaban J connectivity index is 1.85. The second-order valence-corrected chi connectivity index (χ2v) is 5.06. The van der Waals surface area contributed by atoms with Crippen LogP contribution in [0.3, 0.4) is 0 Å². The number of hydrogen-bond acceptors (Lipinski definition) is 5. The lowest BCUT2D eigenvalue weighted by molar-refractivity contribution is 0.0825. The van der Waals surface area contributed by atoms with Crippen molar-refractivity contribution in [3.05, 3.63) is 22.8 Å². The molecule has 104 valence electrons. The van der Waals surface area contributed by atoms with Gasteiger partial charge in [-0.1, -0.05) is 0 Å². The summed E-state index contributed by atoms with van der Waals surface area (Å²) in [7, 11) is 0. The number of piperazine rings is 1. The molecule has 0 atom stereocenters. The molecule has 1 aliphatic heterocycles. The van der Waals surface area contributed by atoms with Crippen LogP contribution in [0, 0.1) is 0 Å². The van der Waals surface area contributed by atoms with E-state index >= 15 is 0 Å². The van der Waals surface area contributed by atoms with Crippen molar-refractivity contribution in [2.45, 2.75) is 0 Å². The fourth-order valence-electron chi connectivity index (χ4n) is 1.90. The monoisotopic (exact) mass is 329 g/mol. The Labute approximate surface area is 120 Å². The van der Waals surface area contributed by atoms with E-state index in [-0.39, 0.29) is 19.3 Å². The number of nitrogens with zero attached hydrogens (tertiary/aromatic N) is 3. The number of carbonyl (C=O) groups is 1. The average molecular weight is 330 g/mol. The number of aliphatic hydroxyl groups excluding tert-OH is 1. The van der Waals surface area contributed by atoms with E-state index in [1.807, 2.05) is 12.1 Å². The summed E-state index contributed by atoms with van der Waals surface area (Å²) in [6.07, 6.45) is 1.40. The van der Waals surface area contributed by atoms with E-state index in [2.05, 4.69) is 25.8 Å². The van der Waals surface area contributed by atoms with Crippen LogP contribution in [0.4, 0.5) is 10.6 Å². The highest BCUT2D eigenvalue weighted by molar-refractivity contribution is 9.10. The lowest BCUT2D eigenvalue weighted by Crippen LogP contribution is -2.49. The van der Waals surface area contributed by atoms with Gasteiger partial charge in [0.15, 0.2) is 0 Å². The molecular formula is C12H16BrN3O3. The van der Waals surface area contributed by atoms with Gasteiger partial charge in [0.1, 0.15) is 12.4 Å². The van der Waals surface area contributed by atoms with Crippen molar-refractivity contribution >= 4 is 27.8 Å². The van der Waals surface area contributed by atoms with Crippen molar-refractivity contribution in [3.8, 4) is 0 Å². The number of pyridine rings is 1. The Morgan fingerprint density at radius 2 is 2.11 bits per heavy atom. The number of rotatable bonds is 3. The fraction of sp³-hybridized carbons (Fsp3) is 0.500. The molecule has 7 heteroatoms. The van der Waals surface area contributed by atoms with Crippen molar-refractivity contribution in [2.24, 2.45) is 0 Å². The Bertz CT molecular complexity index is 419. The van der Waals surface area contributed by atoms with Crippen LogP contribution in [-0.2, 0) is 4.74 Å². The van der Waals surface area contributed by atoms with Crippen molar-refractivity contribution in [1.82, 2.24) is 9.88 Å². The molecule has 1 N–H and O–H groups in total. The predicted octanol–water partition coefficient (Wildman–Crippen LogP) is 1.10. The molecule has 1 aromatic rings. The molecule has 0 spiro atoms. The molecule has 19 heavy (non-hydrogen) atoms. The molecule has 2 rings (SSSR count). The molecule has 1 saturated heterocycles. The van der Waals surface area contributed by atoms with Crippen LogP contribution < -0.4 is 4.90 Å². The number of aliphatic hydroxyl groups is 1. The van der Waals surface area contributed by atoms with Crippen LogP contribution in [0.5, 0.6) is 0 Å². The van der Waals surface area contributed by atoms with Gasteiger partial charge >= 0.3 is 6.09 Å². The molecular weight excluding hydrogens is 314 g/mol. The normalized spacial score (nSPS) is 15.5. The van der Waals surface area contributed by atoms with Gasteiger partial charge in [0, 0.05) is 36.8 Å². The number of carbonyl (C=O) groups excluding carboxylic acids is 1. The Morgan fingerprint density at radius 1 is 1.37 bits per heavy atom. The second-order valence-electron chi connectivity index (χ2n) is 4.15. The standard InChI is InChI=1S/C12H16BrN3O3/c13-10-1-2-11(14-9-10)15-3-5-16(6-4-15)12(18)19-8-7-17/h1-2,9,17H,3-8H2. The van der Waals surface area contributed by atoms with E-state index in [9.17, 15) is 4.79 Å². The van der Waals surface area contributed by atoms with Crippen LogP contribution in [-0.4, -0.2) is 60.5 Å². The van der Waals surface area contributed by atoms with Gasteiger partial charge in [-0.05, 0) is 28.1 Å². The van der Waals surface area contributed by atoms with Crippen molar-refractivity contribution in [3.63, 3.8) is 0 Å². The molecule has 6 nitrogen and oxygen atoms in total. The molecule has 1 aliphatic rings. The summed E-state index contributed by atoms with van der Waals surface area (Å²) in [5.74, 6) is 0.909. The molecule has 1 fully saturated rings. The minimum atomic E-state index is -0.363. The first kappa shape index (κ1) is 14.1. The minimum absolute atomic E-state index is 0.0489. The van der Waals surface area contributed by atoms with Gasteiger partial charge in [0.05, 0.1) is 6.61 Å². The lowest BCUT2D eigenvalue weighted by Gasteiger charge is -2.34. The van der Waals surface area contributed by atoms with E-state index in [1.54, 1.807) is 11.1 Å². The molecule has 1 aromatic heterocycles. The Morgan fingerprint density at radius 3 is 2.68 bits per heavy atom. The first-order valence-corrected chi connectivity index (χ1v) is 6.89. The van der Waals surface area contributed by atoms with Crippen molar-refractivity contribution in [1.29, 1.82) is 0 Å². The van der Waals surface area contributed by atoms with Gasteiger partial charge in [-0.2, -0.15) is 0 Å². The smallest absolute Gasteiger partial charge is 0.409 e. The first-order chi connectivity index (χ1) is 9.20. The van der Waals surface area contributed by atoms with E-state index in [1.165, 1.54) is 0 Å². The molecule has 1 amide bonds. The number of amides is 1. The SMILES string of the molecule is O=C(OCCO)N1CCN(c2ccc(Br)cn2)CC1. The highest BCUT2D eigenvalue weighted by Gasteiger charge is 2.22. The first-order valence-electron chi connectivity index (χ1n) is 6.10. The van der Waals surface area contributed by atoms with Crippen LogP contribution in [0.2, 0.25) is 0 Å². The summed E-state index contributed by atoms with van der Waals surface area (Å²) >= 11 is 3.35. The molecule has 0 bridgehead atoms. The number of ether oxygens (including phenoxy) is 1. The average Bonchev–Trinajstić information content (AvgIpc) is 2.46. The highest BCUT2D eigenvalue weighted by atomic mass is 79.9. The zero-order valence-corrected chi connectivity index (χ0v) is 12.0. The van der Waals surface area contributed by atoms with Gasteiger partial charge in [0.2, 0.25) is 0 Å². The van der Waals surface area contributed by atoms with Crippen LogP contribution in [0.15, 0.2) is 22.8 Å². The second kappa shape index (κ2) is 6.72. The number of halogens is 1. The fourth-order valence-corrected chi connectivity index (χ4v) is 2.13. The maximum Gasteiger partial charge on any atom is 0.409 e. The summed E-state index contributed by atoms with van der Waals surface area (Å²) < 4.78 is 5.83. The minimum Gasteiger partial charge on any atom is -0.447 e. The van der Waals surface area contributed by atoms with Crippen LogP contribution in [0.25, 0.3) is 0 Å². The van der Waals surface area contributed by atoms with Gasteiger partial charge in [0.25, 0.3) is 0 Å². The van der Waals surface area contributed by atoms with E-state index < -0.39 is 0 Å². The summed E-state index contributed by atoms with van der Waals surface area (Å²) in [6, 6.07) is 3.90. The van der Waals surface area contributed by atoms with E-state index in [4.69, 9.17) is 9.84 Å². The largest absolute Gasteiger partial charge is 0.447 e. The van der Waals surface area contributed by atoms with Gasteiger partial charge in [-0.3, -0.25) is 0 Å². The zero-order chi connectivity index (χ0) is 13.7. The van der Waals surface area contributed by atoms with E-state index in [0.717, 1.165) is 23.4 Å². The zero-order valence-electron chi connectivity index (χ0n) is 10.5. The van der Waals surface area contributed by atoms with Crippen molar-refractivity contribution in [2.75, 3.05) is 44.3 Å². The topological polar surface area (TPSA) is 65.9 Å². The third kappa shape index (κ3) is 3.81. The van der Waals surface area contributed by atoms with Crippen LogP contribution in [0.1, 0.15) is 0 Å². The number of anilines is 1. The Kier molecular flexibility index (Phi) is 4.98. The number of hydrogen-bond donors (Lipinski definition) is 1. The van der Waals surface area contributed by atoms with Gasteiger partial charge in [-0.15, -0.1) is 0 Å². The highest BCUT2D eigenvalue weighted by Crippen LogP contribution is 2.16. The Hall–Kier alpha value is -1.34. The maximum absolute atomic E-state index is 11.6. The maximum atomic E-state index is 11.6. The molecule has 2 heterocycles. The quantitative estimate of drug-likeness (QED) is 0.899. The van der Waals surface area contributed by atoms with E-state index in [0.29, 0.717) is 13.1 Å². The molecule has 0 saturated carbocycles. The van der Waals surface area contributed by atoms with Gasteiger partial charge < -0.3 is 19.6 Å². The molecule has 0 unspecified atom stereocenters. The van der Waals surface area contributed by atoms with Crippen LogP contribution >= 0.6 is 15.9 Å². The summed E-state index contributed by atoms with van der Waals surface area (Å²) in [5.41, 5.74) is 0.